The van der Waals surface area contributed by atoms with E-state index in [1.165, 1.54) is 22.9 Å². The van der Waals surface area contributed by atoms with Crippen molar-refractivity contribution in [3.05, 3.63) is 86.8 Å². The molecule has 0 unspecified atom stereocenters. The van der Waals surface area contributed by atoms with Crippen LogP contribution in [0.15, 0.2) is 47.1 Å². The Labute approximate surface area is 180 Å². The molecule has 0 aliphatic rings. The largest absolute Gasteiger partial charge is 0.390 e. The highest BCUT2D eigenvalue weighted by molar-refractivity contribution is 6.03. The molecule has 4 aromatic rings. The number of nitrogens with one attached hydrogen (secondary N) is 1. The molecule has 11 nitrogen and oxygen atoms in total. The Morgan fingerprint density at radius 3 is 2.62 bits per heavy atom. The van der Waals surface area contributed by atoms with Crippen molar-refractivity contribution in [3.63, 3.8) is 0 Å². The van der Waals surface area contributed by atoms with E-state index in [1.807, 2.05) is 0 Å². The first-order valence-electron chi connectivity index (χ1n) is 9.53. The summed E-state index contributed by atoms with van der Waals surface area (Å²) in [6.07, 6.45) is 1.68. The van der Waals surface area contributed by atoms with Crippen LogP contribution in [0.5, 0.6) is 0 Å². The van der Waals surface area contributed by atoms with Crippen molar-refractivity contribution >= 4 is 17.5 Å². The molecule has 0 radical (unpaired) electrons. The average molecular weight is 439 g/mol. The van der Waals surface area contributed by atoms with E-state index >= 15 is 0 Å². The standard InChI is InChI=1S/C20H18FN7O4/c1-12-9-18(28(30)31)24-27(12)11-16-13(2)32-25-19(16)20(29)22-17-7-8-26(23-17)10-14-3-5-15(21)6-4-14/h3-9H,10-11H2,1-2H3,(H,22,23,29). The van der Waals surface area contributed by atoms with Gasteiger partial charge in [-0.3, -0.25) is 9.48 Å². The maximum absolute atomic E-state index is 13.0. The number of hydrogen-bond acceptors (Lipinski definition) is 7. The van der Waals surface area contributed by atoms with Crippen LogP contribution in [0.3, 0.4) is 0 Å². The van der Waals surface area contributed by atoms with Crippen molar-refractivity contribution in [1.82, 2.24) is 24.7 Å². The number of nitrogens with zero attached hydrogens (tertiary/aromatic N) is 6. The summed E-state index contributed by atoms with van der Waals surface area (Å²) in [4.78, 5) is 23.2. The molecule has 0 spiro atoms. The third-order valence-electron chi connectivity index (χ3n) is 4.80. The van der Waals surface area contributed by atoms with Gasteiger partial charge in [0.25, 0.3) is 5.91 Å². The summed E-state index contributed by atoms with van der Waals surface area (Å²) in [6, 6.07) is 9.01. The minimum Gasteiger partial charge on any atom is -0.361 e. The van der Waals surface area contributed by atoms with Crippen LogP contribution in [0, 0.1) is 29.8 Å². The molecule has 164 valence electrons. The Bertz CT molecular complexity index is 1290. The third-order valence-corrected chi connectivity index (χ3v) is 4.80. The van der Waals surface area contributed by atoms with Gasteiger partial charge in [-0.15, -0.1) is 0 Å². The van der Waals surface area contributed by atoms with E-state index in [0.717, 1.165) is 5.56 Å². The van der Waals surface area contributed by atoms with Crippen LogP contribution < -0.4 is 5.32 Å². The molecule has 1 amide bonds. The highest BCUT2D eigenvalue weighted by Gasteiger charge is 2.24. The minimum atomic E-state index is -0.583. The van der Waals surface area contributed by atoms with Crippen LogP contribution >= 0.6 is 0 Å². The van der Waals surface area contributed by atoms with Gasteiger partial charge in [-0.05, 0) is 36.5 Å². The van der Waals surface area contributed by atoms with Gasteiger partial charge < -0.3 is 20.0 Å². The van der Waals surface area contributed by atoms with E-state index in [1.54, 1.807) is 42.9 Å². The fraction of sp³-hybridized carbons (Fsp3) is 0.200. The molecule has 1 aromatic carbocycles. The van der Waals surface area contributed by atoms with E-state index in [-0.39, 0.29) is 23.9 Å². The van der Waals surface area contributed by atoms with Crippen molar-refractivity contribution in [2.24, 2.45) is 0 Å². The Morgan fingerprint density at radius 2 is 1.94 bits per heavy atom. The van der Waals surface area contributed by atoms with Crippen molar-refractivity contribution < 1.29 is 18.6 Å². The molecule has 0 atom stereocenters. The second kappa shape index (κ2) is 8.41. The van der Waals surface area contributed by atoms with Crippen molar-refractivity contribution in [1.29, 1.82) is 0 Å². The number of nitro groups is 1. The topological polar surface area (TPSA) is 134 Å². The molecule has 0 fully saturated rings. The van der Waals surface area contributed by atoms with Crippen LogP contribution in [0.1, 0.15) is 33.1 Å². The van der Waals surface area contributed by atoms with Crippen LogP contribution in [0.4, 0.5) is 16.0 Å². The first kappa shape index (κ1) is 20.9. The lowest BCUT2D eigenvalue weighted by Gasteiger charge is -2.04. The van der Waals surface area contributed by atoms with Crippen molar-refractivity contribution in [2.75, 3.05) is 5.32 Å². The summed E-state index contributed by atoms with van der Waals surface area (Å²) in [7, 11) is 0. The second-order valence-corrected chi connectivity index (χ2v) is 7.10. The number of halogens is 1. The molecular formula is C20H18FN7O4. The maximum atomic E-state index is 13.0. The summed E-state index contributed by atoms with van der Waals surface area (Å²) in [5, 5.41) is 25.7. The summed E-state index contributed by atoms with van der Waals surface area (Å²) >= 11 is 0. The molecule has 0 aliphatic carbocycles. The van der Waals surface area contributed by atoms with Crippen LogP contribution in [-0.4, -0.2) is 35.5 Å². The molecule has 3 aromatic heterocycles. The number of anilines is 1. The Hall–Kier alpha value is -4.35. The average Bonchev–Trinajstić information content (AvgIpc) is 3.44. The van der Waals surface area contributed by atoms with Crippen LogP contribution in [0.2, 0.25) is 0 Å². The highest BCUT2D eigenvalue weighted by atomic mass is 19.1. The Balaban J connectivity index is 1.48. The lowest BCUT2D eigenvalue weighted by molar-refractivity contribution is -0.389. The normalized spacial score (nSPS) is 11.0. The van der Waals surface area contributed by atoms with Crippen molar-refractivity contribution in [2.45, 2.75) is 26.9 Å². The zero-order chi connectivity index (χ0) is 22.8. The second-order valence-electron chi connectivity index (χ2n) is 7.10. The minimum absolute atomic E-state index is 0.0353. The van der Waals surface area contributed by atoms with E-state index in [2.05, 4.69) is 20.7 Å². The Kier molecular flexibility index (Phi) is 5.50. The highest BCUT2D eigenvalue weighted by Crippen LogP contribution is 2.19. The molecule has 3 heterocycles. The van der Waals surface area contributed by atoms with Crippen molar-refractivity contribution in [3.8, 4) is 0 Å². The van der Waals surface area contributed by atoms with E-state index < -0.39 is 10.8 Å². The lowest BCUT2D eigenvalue weighted by Crippen LogP contribution is -2.17. The predicted molar refractivity (Wildman–Crippen MR) is 110 cm³/mol. The van der Waals surface area contributed by atoms with E-state index in [9.17, 15) is 19.3 Å². The molecule has 1 N–H and O–H groups in total. The molecule has 0 saturated heterocycles. The van der Waals surface area contributed by atoms with Gasteiger partial charge in [0.15, 0.2) is 11.5 Å². The molecule has 0 aliphatic heterocycles. The number of amides is 1. The fourth-order valence-electron chi connectivity index (χ4n) is 3.12. The van der Waals surface area contributed by atoms with Gasteiger partial charge in [0.05, 0.1) is 35.5 Å². The number of hydrogen-bond donors (Lipinski definition) is 1. The first-order valence-corrected chi connectivity index (χ1v) is 9.53. The van der Waals surface area contributed by atoms with Gasteiger partial charge in [-0.25, -0.2) is 4.39 Å². The van der Waals surface area contributed by atoms with Gasteiger partial charge in [-0.1, -0.05) is 17.3 Å². The first-order chi connectivity index (χ1) is 15.3. The number of rotatable bonds is 7. The van der Waals surface area contributed by atoms with Gasteiger partial charge in [0.1, 0.15) is 11.6 Å². The summed E-state index contributed by atoms with van der Waals surface area (Å²) in [6.45, 7) is 3.80. The number of carbonyl (C=O) groups excluding carboxylic acids is 1. The molecule has 12 heteroatoms. The number of benzene rings is 1. The lowest BCUT2D eigenvalue weighted by atomic mass is 10.2. The summed E-state index contributed by atoms with van der Waals surface area (Å²) in [5.74, 6) is -0.442. The quantitative estimate of drug-likeness (QED) is 0.345. The maximum Gasteiger partial charge on any atom is 0.390 e. The predicted octanol–water partition coefficient (Wildman–Crippen LogP) is 3.08. The van der Waals surface area contributed by atoms with Gasteiger partial charge in [0.2, 0.25) is 0 Å². The zero-order valence-corrected chi connectivity index (χ0v) is 17.1. The summed E-state index contributed by atoms with van der Waals surface area (Å²) < 4.78 is 21.2. The van der Waals surface area contributed by atoms with Crippen LogP contribution in [0.25, 0.3) is 0 Å². The summed E-state index contributed by atoms with van der Waals surface area (Å²) in [5.41, 5.74) is 1.90. The van der Waals surface area contributed by atoms with Gasteiger partial charge in [0, 0.05) is 12.3 Å². The van der Waals surface area contributed by atoms with Gasteiger partial charge >= 0.3 is 5.82 Å². The fourth-order valence-corrected chi connectivity index (χ4v) is 3.12. The number of aryl methyl sites for hydroxylation is 2. The smallest absolute Gasteiger partial charge is 0.361 e. The van der Waals surface area contributed by atoms with Gasteiger partial charge in [-0.2, -0.15) is 9.78 Å². The van der Waals surface area contributed by atoms with E-state index in [4.69, 9.17) is 4.52 Å². The molecule has 32 heavy (non-hydrogen) atoms. The molecule has 0 saturated carbocycles. The molecule has 0 bridgehead atoms. The third kappa shape index (κ3) is 4.38. The number of aromatic nitrogens is 5. The monoisotopic (exact) mass is 439 g/mol. The molecular weight excluding hydrogens is 421 g/mol. The SMILES string of the molecule is Cc1onc(C(=O)Nc2ccn(Cc3ccc(F)cc3)n2)c1Cn1nc([N+](=O)[O-])cc1C. The zero-order valence-electron chi connectivity index (χ0n) is 17.1. The molecule has 4 rings (SSSR count). The Morgan fingerprint density at radius 1 is 1.19 bits per heavy atom. The van der Waals surface area contributed by atoms with E-state index in [0.29, 0.717) is 29.4 Å². The van der Waals surface area contributed by atoms with Crippen LogP contribution in [-0.2, 0) is 13.1 Å². The number of carbonyl (C=O) groups is 1.